The predicted octanol–water partition coefficient (Wildman–Crippen LogP) is 2.81. The zero-order valence-corrected chi connectivity index (χ0v) is 12.0. The quantitative estimate of drug-likeness (QED) is 0.935. The van der Waals surface area contributed by atoms with Gasteiger partial charge in [-0.15, -0.1) is 11.3 Å². The van der Waals surface area contributed by atoms with Gasteiger partial charge in [0.2, 0.25) is 5.88 Å². The summed E-state index contributed by atoms with van der Waals surface area (Å²) in [5.74, 6) is 0.637. The van der Waals surface area contributed by atoms with E-state index in [2.05, 4.69) is 10.3 Å². The highest BCUT2D eigenvalue weighted by atomic mass is 32.1. The second-order valence-electron chi connectivity index (χ2n) is 4.65. The van der Waals surface area contributed by atoms with Gasteiger partial charge in [-0.1, -0.05) is 0 Å². The first-order valence-corrected chi connectivity index (χ1v) is 7.30. The molecule has 1 unspecified atom stereocenters. The largest absolute Gasteiger partial charge is 0.481 e. The Morgan fingerprint density at radius 1 is 1.42 bits per heavy atom. The molecule has 0 spiro atoms. The molecule has 2 aromatic rings. The first-order valence-electron chi connectivity index (χ1n) is 6.49. The van der Waals surface area contributed by atoms with Gasteiger partial charge in [-0.25, -0.2) is 9.97 Å². The smallest absolute Gasteiger partial charge is 0.212 e. The molecule has 0 amide bonds. The van der Waals surface area contributed by atoms with E-state index in [1.165, 1.54) is 23.4 Å². The summed E-state index contributed by atoms with van der Waals surface area (Å²) in [6.07, 6.45) is 5.39. The van der Waals surface area contributed by atoms with Gasteiger partial charge in [-0.3, -0.25) is 0 Å². The Morgan fingerprint density at radius 3 is 3.00 bits per heavy atom. The lowest BCUT2D eigenvalue weighted by atomic mass is 9.98. The summed E-state index contributed by atoms with van der Waals surface area (Å²) in [7, 11) is 3.63. The molecule has 1 aliphatic carbocycles. The molecule has 0 saturated carbocycles. The topological polar surface area (TPSA) is 47.0 Å². The van der Waals surface area contributed by atoms with E-state index in [1.54, 1.807) is 18.4 Å². The van der Waals surface area contributed by atoms with Crippen molar-refractivity contribution in [3.8, 4) is 16.5 Å². The van der Waals surface area contributed by atoms with Gasteiger partial charge in [0.1, 0.15) is 5.01 Å². The van der Waals surface area contributed by atoms with Crippen LogP contribution < -0.4 is 10.1 Å². The third-order valence-corrected chi connectivity index (χ3v) is 4.68. The summed E-state index contributed by atoms with van der Waals surface area (Å²) in [5, 5.41) is 4.41. The predicted molar refractivity (Wildman–Crippen MR) is 76.6 cm³/mol. The maximum absolute atomic E-state index is 5.08. The second kappa shape index (κ2) is 5.27. The minimum Gasteiger partial charge on any atom is -0.481 e. The summed E-state index contributed by atoms with van der Waals surface area (Å²) >= 11 is 1.79. The van der Waals surface area contributed by atoms with Crippen molar-refractivity contribution in [1.82, 2.24) is 15.3 Å². The highest BCUT2D eigenvalue weighted by molar-refractivity contribution is 7.15. The molecule has 5 heteroatoms. The molecule has 0 fully saturated rings. The van der Waals surface area contributed by atoms with Gasteiger partial charge in [0, 0.05) is 22.7 Å². The molecule has 0 bridgehead atoms. The van der Waals surface area contributed by atoms with E-state index in [-0.39, 0.29) is 0 Å². The fraction of sp³-hybridized carbons (Fsp3) is 0.429. The Hall–Kier alpha value is -1.46. The molecular weight excluding hydrogens is 258 g/mol. The van der Waals surface area contributed by atoms with Gasteiger partial charge >= 0.3 is 0 Å². The van der Waals surface area contributed by atoms with Gasteiger partial charge in [0.15, 0.2) is 0 Å². The number of pyridine rings is 1. The van der Waals surface area contributed by atoms with Crippen LogP contribution in [0.25, 0.3) is 10.6 Å². The average molecular weight is 275 g/mol. The van der Waals surface area contributed by atoms with Crippen molar-refractivity contribution >= 4 is 11.3 Å². The van der Waals surface area contributed by atoms with E-state index in [0.29, 0.717) is 11.9 Å². The van der Waals surface area contributed by atoms with E-state index < -0.39 is 0 Å². The fourth-order valence-electron chi connectivity index (χ4n) is 2.45. The molecule has 0 aromatic carbocycles. The molecule has 0 saturated heterocycles. The molecule has 0 radical (unpaired) electrons. The SMILES string of the molecule is CNC1CCCc2sc(-c3ccc(OC)nc3)nc21. The summed E-state index contributed by atoms with van der Waals surface area (Å²) in [6.45, 7) is 0. The Kier molecular flexibility index (Phi) is 3.48. The van der Waals surface area contributed by atoms with Crippen molar-refractivity contribution in [1.29, 1.82) is 0 Å². The first-order chi connectivity index (χ1) is 9.31. The summed E-state index contributed by atoms with van der Waals surface area (Å²) < 4.78 is 5.08. The van der Waals surface area contributed by atoms with Crippen LogP contribution in [0.15, 0.2) is 18.3 Å². The molecule has 0 aliphatic heterocycles. The van der Waals surface area contributed by atoms with Crippen molar-refractivity contribution < 1.29 is 4.74 Å². The summed E-state index contributed by atoms with van der Waals surface area (Å²) in [4.78, 5) is 10.5. The molecule has 100 valence electrons. The Morgan fingerprint density at radius 2 is 2.32 bits per heavy atom. The number of nitrogens with one attached hydrogen (secondary N) is 1. The molecule has 1 aliphatic rings. The van der Waals surface area contributed by atoms with Crippen LogP contribution in [-0.2, 0) is 6.42 Å². The van der Waals surface area contributed by atoms with Crippen LogP contribution in [0.2, 0.25) is 0 Å². The summed E-state index contributed by atoms with van der Waals surface area (Å²) in [6, 6.07) is 4.30. The highest BCUT2D eigenvalue weighted by Gasteiger charge is 2.23. The van der Waals surface area contributed by atoms with Crippen molar-refractivity contribution in [3.63, 3.8) is 0 Å². The molecule has 2 aromatic heterocycles. The molecule has 1 atom stereocenters. The van der Waals surface area contributed by atoms with Crippen LogP contribution >= 0.6 is 11.3 Å². The Balaban J connectivity index is 1.95. The molecule has 1 N–H and O–H groups in total. The number of hydrogen-bond acceptors (Lipinski definition) is 5. The Bertz CT molecular complexity index is 565. The van der Waals surface area contributed by atoms with E-state index in [1.807, 2.05) is 25.4 Å². The van der Waals surface area contributed by atoms with Gasteiger partial charge in [0.25, 0.3) is 0 Å². The monoisotopic (exact) mass is 275 g/mol. The lowest BCUT2D eigenvalue weighted by Crippen LogP contribution is -2.21. The highest BCUT2D eigenvalue weighted by Crippen LogP contribution is 2.36. The van der Waals surface area contributed by atoms with Crippen LogP contribution in [0.1, 0.15) is 29.5 Å². The van der Waals surface area contributed by atoms with Gasteiger partial charge in [0.05, 0.1) is 18.8 Å². The average Bonchev–Trinajstić information content (AvgIpc) is 2.91. The lowest BCUT2D eigenvalue weighted by Gasteiger charge is -2.19. The van der Waals surface area contributed by atoms with E-state index in [9.17, 15) is 0 Å². The minimum atomic E-state index is 0.403. The molecule has 2 heterocycles. The minimum absolute atomic E-state index is 0.403. The van der Waals surface area contributed by atoms with Crippen molar-refractivity contribution in [2.45, 2.75) is 25.3 Å². The second-order valence-corrected chi connectivity index (χ2v) is 5.73. The van der Waals surface area contributed by atoms with Crippen molar-refractivity contribution in [2.24, 2.45) is 0 Å². The van der Waals surface area contributed by atoms with Crippen LogP contribution in [0, 0.1) is 0 Å². The number of hydrogen-bond donors (Lipinski definition) is 1. The first kappa shape index (κ1) is 12.6. The number of thiazole rings is 1. The maximum Gasteiger partial charge on any atom is 0.212 e. The third-order valence-electron chi connectivity index (χ3n) is 3.50. The Labute approximate surface area is 116 Å². The van der Waals surface area contributed by atoms with Crippen molar-refractivity contribution in [3.05, 3.63) is 28.9 Å². The van der Waals surface area contributed by atoms with Gasteiger partial charge in [-0.2, -0.15) is 0 Å². The van der Waals surface area contributed by atoms with Crippen LogP contribution in [0.4, 0.5) is 0 Å². The number of aromatic nitrogens is 2. The van der Waals surface area contributed by atoms with Crippen LogP contribution in [-0.4, -0.2) is 24.1 Å². The number of rotatable bonds is 3. The number of ether oxygens (including phenoxy) is 1. The maximum atomic E-state index is 5.08. The number of fused-ring (bicyclic) bond motifs is 1. The number of aryl methyl sites for hydroxylation is 1. The zero-order valence-electron chi connectivity index (χ0n) is 11.1. The standard InChI is InChI=1S/C14H17N3OS/c1-15-10-4-3-5-11-13(10)17-14(19-11)9-6-7-12(18-2)16-8-9/h6-8,10,15H,3-5H2,1-2H3. The van der Waals surface area contributed by atoms with Crippen LogP contribution in [0.5, 0.6) is 5.88 Å². The van der Waals surface area contributed by atoms with E-state index >= 15 is 0 Å². The van der Waals surface area contributed by atoms with E-state index in [4.69, 9.17) is 9.72 Å². The number of nitrogens with zero attached hydrogens (tertiary/aromatic N) is 2. The van der Waals surface area contributed by atoms with Crippen LogP contribution in [0.3, 0.4) is 0 Å². The number of methoxy groups -OCH3 is 1. The summed E-state index contributed by atoms with van der Waals surface area (Å²) in [5.41, 5.74) is 2.29. The molecule has 3 rings (SSSR count). The van der Waals surface area contributed by atoms with Crippen molar-refractivity contribution in [2.75, 3.05) is 14.2 Å². The lowest BCUT2D eigenvalue weighted by molar-refractivity contribution is 0.398. The van der Waals surface area contributed by atoms with Gasteiger partial charge < -0.3 is 10.1 Å². The molecule has 19 heavy (non-hydrogen) atoms. The fourth-order valence-corrected chi connectivity index (χ4v) is 3.61. The molecular formula is C14H17N3OS. The molecule has 4 nitrogen and oxygen atoms in total. The zero-order chi connectivity index (χ0) is 13.2. The third kappa shape index (κ3) is 2.35. The normalized spacial score (nSPS) is 18.1. The van der Waals surface area contributed by atoms with Gasteiger partial charge in [-0.05, 0) is 32.4 Å². The van der Waals surface area contributed by atoms with E-state index in [0.717, 1.165) is 17.0 Å².